The number of ether oxygens (including phenoxy) is 1. The fourth-order valence-corrected chi connectivity index (χ4v) is 2.18. The quantitative estimate of drug-likeness (QED) is 0.327. The van der Waals surface area contributed by atoms with E-state index in [1.807, 2.05) is 19.9 Å². The first kappa shape index (κ1) is 21.6. The first-order valence-corrected chi connectivity index (χ1v) is 8.60. The van der Waals surface area contributed by atoms with Gasteiger partial charge in [0.2, 0.25) is 0 Å². The van der Waals surface area contributed by atoms with Crippen LogP contribution in [0.2, 0.25) is 0 Å². The highest BCUT2D eigenvalue weighted by molar-refractivity contribution is 5.24. The first-order valence-electron chi connectivity index (χ1n) is 8.60. The summed E-state index contributed by atoms with van der Waals surface area (Å²) < 4.78 is 19.1. The van der Waals surface area contributed by atoms with Crippen LogP contribution < -0.4 is 0 Å². The molecule has 2 atom stereocenters. The van der Waals surface area contributed by atoms with Crippen molar-refractivity contribution in [2.75, 3.05) is 13.2 Å². The zero-order chi connectivity index (χ0) is 17.7. The van der Waals surface area contributed by atoms with Crippen LogP contribution in [0.4, 0.5) is 4.39 Å². The topological polar surface area (TPSA) is 9.23 Å². The Morgan fingerprint density at radius 1 is 1.04 bits per heavy atom. The highest BCUT2D eigenvalue weighted by Crippen LogP contribution is 2.20. The predicted octanol–water partition coefficient (Wildman–Crippen LogP) is 6.56. The monoisotopic (exact) mass is 320 g/mol. The van der Waals surface area contributed by atoms with E-state index in [1.54, 1.807) is 13.0 Å². The molecule has 0 N–H and O–H groups in total. The van der Waals surface area contributed by atoms with Crippen LogP contribution in [-0.2, 0) is 4.74 Å². The van der Waals surface area contributed by atoms with Gasteiger partial charge in [-0.1, -0.05) is 62.8 Å². The van der Waals surface area contributed by atoms with E-state index in [2.05, 4.69) is 45.1 Å². The molecular formula is C21H33FO. The molecule has 23 heavy (non-hydrogen) atoms. The summed E-state index contributed by atoms with van der Waals surface area (Å²) in [6.07, 6.45) is 14.7. The van der Waals surface area contributed by atoms with Gasteiger partial charge in [-0.2, -0.15) is 0 Å². The fourth-order valence-electron chi connectivity index (χ4n) is 2.18. The highest BCUT2D eigenvalue weighted by atomic mass is 19.1. The second-order valence-electron chi connectivity index (χ2n) is 5.61. The lowest BCUT2D eigenvalue weighted by Crippen LogP contribution is -2.06. The summed E-state index contributed by atoms with van der Waals surface area (Å²) in [6.45, 7) is 13.2. The van der Waals surface area contributed by atoms with Crippen LogP contribution in [0.25, 0.3) is 0 Å². The van der Waals surface area contributed by atoms with Gasteiger partial charge in [0.15, 0.2) is 0 Å². The van der Waals surface area contributed by atoms with Crippen LogP contribution in [0.5, 0.6) is 0 Å². The van der Waals surface area contributed by atoms with Crippen molar-refractivity contribution in [2.45, 2.75) is 48.0 Å². The molecule has 0 aromatic rings. The van der Waals surface area contributed by atoms with Crippen molar-refractivity contribution in [1.29, 1.82) is 0 Å². The van der Waals surface area contributed by atoms with Gasteiger partial charge in [-0.15, -0.1) is 0 Å². The lowest BCUT2D eigenvalue weighted by molar-refractivity contribution is 0.166. The van der Waals surface area contributed by atoms with Gasteiger partial charge in [0.25, 0.3) is 0 Å². The van der Waals surface area contributed by atoms with Gasteiger partial charge in [-0.3, -0.25) is 0 Å². The Balaban J connectivity index is 5.08. The second kappa shape index (κ2) is 13.1. The maximum Gasteiger partial charge on any atom is 0.119 e. The highest BCUT2D eigenvalue weighted by Gasteiger charge is 2.09. The molecule has 2 heteroatoms. The van der Waals surface area contributed by atoms with Crippen molar-refractivity contribution >= 4 is 0 Å². The Bertz CT molecular complexity index is 466. The average Bonchev–Trinajstić information content (AvgIpc) is 2.56. The van der Waals surface area contributed by atoms with E-state index in [9.17, 15) is 4.39 Å². The van der Waals surface area contributed by atoms with Gasteiger partial charge in [0, 0.05) is 6.61 Å². The molecule has 130 valence electrons. The number of rotatable bonds is 10. The zero-order valence-corrected chi connectivity index (χ0v) is 15.6. The standard InChI is InChI=1S/C21H33FO/c1-7-11-12-19(8-2)17(5)13-14-18(6)20(16-23-10-4)15-21(22)9-3/h7,9,11-15,17-18H,8,10,16H2,1-6H3/b11-7+,14-13-,19-12+,20-15+,21-9+. The largest absolute Gasteiger partial charge is 0.377 e. The third-order valence-electron chi connectivity index (χ3n) is 3.84. The van der Waals surface area contributed by atoms with Crippen molar-refractivity contribution in [3.8, 4) is 0 Å². The van der Waals surface area contributed by atoms with E-state index in [0.717, 1.165) is 12.0 Å². The lowest BCUT2D eigenvalue weighted by Gasteiger charge is -2.15. The van der Waals surface area contributed by atoms with Gasteiger partial charge in [0.1, 0.15) is 5.83 Å². The van der Waals surface area contributed by atoms with E-state index in [4.69, 9.17) is 4.74 Å². The van der Waals surface area contributed by atoms with E-state index in [0.29, 0.717) is 19.1 Å². The average molecular weight is 320 g/mol. The van der Waals surface area contributed by atoms with Crippen molar-refractivity contribution in [3.05, 3.63) is 59.5 Å². The zero-order valence-electron chi connectivity index (χ0n) is 15.6. The molecule has 0 aliphatic heterocycles. The minimum absolute atomic E-state index is 0.148. The minimum Gasteiger partial charge on any atom is -0.377 e. The molecule has 0 amide bonds. The van der Waals surface area contributed by atoms with E-state index in [-0.39, 0.29) is 11.7 Å². The second-order valence-corrected chi connectivity index (χ2v) is 5.61. The van der Waals surface area contributed by atoms with Crippen LogP contribution in [0, 0.1) is 11.8 Å². The molecule has 0 saturated heterocycles. The Morgan fingerprint density at radius 3 is 2.13 bits per heavy atom. The number of halogens is 1. The summed E-state index contributed by atoms with van der Waals surface area (Å²) in [5, 5.41) is 0. The Morgan fingerprint density at radius 2 is 1.65 bits per heavy atom. The molecule has 0 saturated carbocycles. The summed E-state index contributed by atoms with van der Waals surface area (Å²) in [4.78, 5) is 0. The van der Waals surface area contributed by atoms with Crippen LogP contribution in [0.3, 0.4) is 0 Å². The van der Waals surface area contributed by atoms with Crippen LogP contribution in [0.1, 0.15) is 48.0 Å². The van der Waals surface area contributed by atoms with Crippen LogP contribution in [-0.4, -0.2) is 13.2 Å². The van der Waals surface area contributed by atoms with Gasteiger partial charge < -0.3 is 4.74 Å². The molecule has 0 radical (unpaired) electrons. The van der Waals surface area contributed by atoms with E-state index >= 15 is 0 Å². The maximum atomic E-state index is 13.6. The molecule has 0 bridgehead atoms. The van der Waals surface area contributed by atoms with E-state index in [1.165, 1.54) is 11.6 Å². The fraction of sp³-hybridized carbons (Fsp3) is 0.524. The number of hydrogen-bond donors (Lipinski definition) is 0. The normalized spacial score (nSPS) is 17.3. The Kier molecular flexibility index (Phi) is 12.3. The third-order valence-corrected chi connectivity index (χ3v) is 3.84. The van der Waals surface area contributed by atoms with Crippen molar-refractivity contribution in [2.24, 2.45) is 11.8 Å². The molecule has 1 nitrogen and oxygen atoms in total. The molecule has 2 unspecified atom stereocenters. The van der Waals surface area contributed by atoms with Gasteiger partial charge in [0.05, 0.1) is 6.61 Å². The molecule has 0 spiro atoms. The molecule has 0 aromatic heterocycles. The smallest absolute Gasteiger partial charge is 0.119 e. The van der Waals surface area contributed by atoms with Crippen LogP contribution >= 0.6 is 0 Å². The Hall–Kier alpha value is -1.41. The molecule has 0 rings (SSSR count). The molecule has 0 fully saturated rings. The predicted molar refractivity (Wildman–Crippen MR) is 100 cm³/mol. The van der Waals surface area contributed by atoms with Gasteiger partial charge in [-0.05, 0) is 50.7 Å². The molecule has 0 aliphatic rings. The number of hydrogen-bond acceptors (Lipinski definition) is 1. The third kappa shape index (κ3) is 9.35. The summed E-state index contributed by atoms with van der Waals surface area (Å²) in [5.41, 5.74) is 2.35. The summed E-state index contributed by atoms with van der Waals surface area (Å²) in [7, 11) is 0. The molecule has 0 aliphatic carbocycles. The summed E-state index contributed by atoms with van der Waals surface area (Å²) >= 11 is 0. The number of allylic oxidation sites excluding steroid dienone is 9. The van der Waals surface area contributed by atoms with Gasteiger partial charge >= 0.3 is 0 Å². The summed E-state index contributed by atoms with van der Waals surface area (Å²) in [5.74, 6) is 0.309. The maximum absolute atomic E-state index is 13.6. The van der Waals surface area contributed by atoms with Crippen molar-refractivity contribution in [3.63, 3.8) is 0 Å². The van der Waals surface area contributed by atoms with Gasteiger partial charge in [-0.25, -0.2) is 4.39 Å². The molecule has 0 aromatic carbocycles. The summed E-state index contributed by atoms with van der Waals surface area (Å²) in [6, 6.07) is 0. The van der Waals surface area contributed by atoms with Crippen molar-refractivity contribution < 1.29 is 9.13 Å². The van der Waals surface area contributed by atoms with Crippen molar-refractivity contribution in [1.82, 2.24) is 0 Å². The Labute approximate surface area is 142 Å². The molecule has 0 heterocycles. The lowest BCUT2D eigenvalue weighted by atomic mass is 9.94. The molecular weight excluding hydrogens is 287 g/mol. The van der Waals surface area contributed by atoms with E-state index < -0.39 is 0 Å². The SMILES string of the molecule is C/C=C/C=C(\CC)C(C)/C=C\C(C)/C(=C/C(F)=C\C)COCC. The van der Waals surface area contributed by atoms with Crippen LogP contribution in [0.15, 0.2) is 59.5 Å². The first-order chi connectivity index (χ1) is 11.0. The minimum atomic E-state index is -0.213.